The zero-order valence-corrected chi connectivity index (χ0v) is 8.49. The van der Waals surface area contributed by atoms with Gasteiger partial charge in [0.1, 0.15) is 11.9 Å². The van der Waals surface area contributed by atoms with Crippen molar-refractivity contribution in [1.82, 2.24) is 4.98 Å². The van der Waals surface area contributed by atoms with Gasteiger partial charge in [0.15, 0.2) is 0 Å². The second kappa shape index (κ2) is 4.43. The summed E-state index contributed by atoms with van der Waals surface area (Å²) in [6.45, 7) is 5.96. The van der Waals surface area contributed by atoms with Gasteiger partial charge in [0.2, 0.25) is 0 Å². The Balaban J connectivity index is 2.88. The number of rotatable bonds is 3. The van der Waals surface area contributed by atoms with Crippen LogP contribution in [-0.4, -0.2) is 12.0 Å². The molecule has 0 aliphatic rings. The van der Waals surface area contributed by atoms with Crippen LogP contribution in [-0.2, 0) is 0 Å². The van der Waals surface area contributed by atoms with Crippen LogP contribution in [0.15, 0.2) is 30.6 Å². The molecule has 72 valence electrons. The first kappa shape index (κ1) is 10.3. The number of nitriles is 1. The second-order valence-corrected chi connectivity index (χ2v) is 3.00. The van der Waals surface area contributed by atoms with E-state index < -0.39 is 0 Å². The van der Waals surface area contributed by atoms with E-state index in [1.54, 1.807) is 12.3 Å². The molecule has 0 unspecified atom stereocenters. The molecule has 0 spiro atoms. The lowest BCUT2D eigenvalue weighted by Gasteiger charge is -2.19. The molecule has 1 heterocycles. The molecular weight excluding hydrogens is 174 g/mol. The SMILES string of the molecule is C=C(CC)N(C)c1ccc(C#N)cn1. The van der Waals surface area contributed by atoms with Gasteiger partial charge in [-0.2, -0.15) is 5.26 Å². The van der Waals surface area contributed by atoms with Crippen LogP contribution >= 0.6 is 0 Å². The molecule has 0 N–H and O–H groups in total. The van der Waals surface area contributed by atoms with E-state index in [1.165, 1.54) is 0 Å². The first-order chi connectivity index (χ1) is 6.69. The Hall–Kier alpha value is -1.82. The van der Waals surface area contributed by atoms with Crippen LogP contribution < -0.4 is 4.90 Å². The maximum absolute atomic E-state index is 8.60. The van der Waals surface area contributed by atoms with Gasteiger partial charge in [-0.25, -0.2) is 4.98 Å². The van der Waals surface area contributed by atoms with Gasteiger partial charge >= 0.3 is 0 Å². The third-order valence-corrected chi connectivity index (χ3v) is 2.10. The number of allylic oxidation sites excluding steroid dienone is 1. The van der Waals surface area contributed by atoms with Gasteiger partial charge in [-0.15, -0.1) is 0 Å². The molecule has 1 aromatic heterocycles. The summed E-state index contributed by atoms with van der Waals surface area (Å²) in [4.78, 5) is 6.08. The van der Waals surface area contributed by atoms with Crippen molar-refractivity contribution in [2.75, 3.05) is 11.9 Å². The van der Waals surface area contributed by atoms with Crippen LogP contribution in [0.5, 0.6) is 0 Å². The molecule has 0 aromatic carbocycles. The molecule has 1 rings (SSSR count). The number of pyridine rings is 1. The number of hydrogen-bond acceptors (Lipinski definition) is 3. The quantitative estimate of drug-likeness (QED) is 0.729. The minimum atomic E-state index is 0.573. The van der Waals surface area contributed by atoms with E-state index in [-0.39, 0.29) is 0 Å². The summed E-state index contributed by atoms with van der Waals surface area (Å²) < 4.78 is 0. The number of anilines is 1. The van der Waals surface area contributed by atoms with Crippen molar-refractivity contribution in [2.24, 2.45) is 0 Å². The van der Waals surface area contributed by atoms with Crippen molar-refractivity contribution in [1.29, 1.82) is 5.26 Å². The molecule has 0 bridgehead atoms. The van der Waals surface area contributed by atoms with Gasteiger partial charge in [0.25, 0.3) is 0 Å². The fourth-order valence-corrected chi connectivity index (χ4v) is 1.05. The molecule has 1 aromatic rings. The van der Waals surface area contributed by atoms with Crippen molar-refractivity contribution in [3.63, 3.8) is 0 Å². The minimum absolute atomic E-state index is 0.573. The third-order valence-electron chi connectivity index (χ3n) is 2.10. The van der Waals surface area contributed by atoms with E-state index in [4.69, 9.17) is 5.26 Å². The fraction of sp³-hybridized carbons (Fsp3) is 0.273. The van der Waals surface area contributed by atoms with E-state index in [2.05, 4.69) is 11.6 Å². The zero-order valence-electron chi connectivity index (χ0n) is 8.49. The van der Waals surface area contributed by atoms with Crippen LogP contribution in [0.1, 0.15) is 18.9 Å². The van der Waals surface area contributed by atoms with Gasteiger partial charge < -0.3 is 4.90 Å². The third kappa shape index (κ3) is 2.11. The predicted octanol–water partition coefficient (Wildman–Crippen LogP) is 2.31. The first-order valence-electron chi connectivity index (χ1n) is 4.46. The maximum atomic E-state index is 8.60. The van der Waals surface area contributed by atoms with Crippen molar-refractivity contribution >= 4 is 5.82 Å². The minimum Gasteiger partial charge on any atom is -0.334 e. The molecule has 0 saturated carbocycles. The Morgan fingerprint density at radius 3 is 2.79 bits per heavy atom. The summed E-state index contributed by atoms with van der Waals surface area (Å²) in [5.74, 6) is 0.816. The van der Waals surface area contributed by atoms with Crippen LogP contribution in [0.3, 0.4) is 0 Å². The Labute approximate surface area is 84.3 Å². The van der Waals surface area contributed by atoms with E-state index >= 15 is 0 Å². The van der Waals surface area contributed by atoms with Crippen LogP contribution in [0, 0.1) is 11.3 Å². The smallest absolute Gasteiger partial charge is 0.132 e. The summed E-state index contributed by atoms with van der Waals surface area (Å²) in [7, 11) is 1.92. The van der Waals surface area contributed by atoms with E-state index in [1.807, 2.05) is 31.0 Å². The molecule has 3 heteroatoms. The lowest BCUT2D eigenvalue weighted by molar-refractivity contribution is 0.961. The van der Waals surface area contributed by atoms with Gasteiger partial charge in [-0.1, -0.05) is 13.5 Å². The van der Waals surface area contributed by atoms with Crippen LogP contribution in [0.4, 0.5) is 5.82 Å². The highest BCUT2D eigenvalue weighted by Gasteiger charge is 2.03. The fourth-order valence-electron chi connectivity index (χ4n) is 1.05. The molecule has 3 nitrogen and oxygen atoms in total. The Kier molecular flexibility index (Phi) is 3.24. The summed E-state index contributed by atoms with van der Waals surface area (Å²) in [6.07, 6.45) is 2.45. The maximum Gasteiger partial charge on any atom is 0.132 e. The Morgan fingerprint density at radius 1 is 1.64 bits per heavy atom. The lowest BCUT2D eigenvalue weighted by Crippen LogP contribution is -2.16. The van der Waals surface area contributed by atoms with E-state index in [9.17, 15) is 0 Å². The van der Waals surface area contributed by atoms with Crippen LogP contribution in [0.25, 0.3) is 0 Å². The average molecular weight is 187 g/mol. The highest BCUT2D eigenvalue weighted by atomic mass is 15.2. The zero-order chi connectivity index (χ0) is 10.6. The van der Waals surface area contributed by atoms with E-state index in [0.717, 1.165) is 17.9 Å². The Bertz CT molecular complexity index is 359. The monoisotopic (exact) mass is 187 g/mol. The molecule has 0 aliphatic carbocycles. The molecule has 14 heavy (non-hydrogen) atoms. The first-order valence-corrected chi connectivity index (χ1v) is 4.46. The molecule has 0 fully saturated rings. The molecule has 0 atom stereocenters. The highest BCUT2D eigenvalue weighted by Crippen LogP contribution is 2.14. The van der Waals surface area contributed by atoms with Crippen molar-refractivity contribution in [3.8, 4) is 6.07 Å². The molecule has 0 amide bonds. The number of aromatic nitrogens is 1. The van der Waals surface area contributed by atoms with Crippen molar-refractivity contribution < 1.29 is 0 Å². The number of hydrogen-bond donors (Lipinski definition) is 0. The summed E-state index contributed by atoms with van der Waals surface area (Å²) in [5.41, 5.74) is 1.58. The van der Waals surface area contributed by atoms with Gasteiger partial charge in [0.05, 0.1) is 5.56 Å². The van der Waals surface area contributed by atoms with Crippen LogP contribution in [0.2, 0.25) is 0 Å². The molecule has 0 aliphatic heterocycles. The Morgan fingerprint density at radius 2 is 2.36 bits per heavy atom. The summed E-state index contributed by atoms with van der Waals surface area (Å²) in [6, 6.07) is 5.60. The highest BCUT2D eigenvalue weighted by molar-refractivity contribution is 5.45. The van der Waals surface area contributed by atoms with E-state index in [0.29, 0.717) is 5.56 Å². The topological polar surface area (TPSA) is 39.9 Å². The summed E-state index contributed by atoms with van der Waals surface area (Å²) >= 11 is 0. The predicted molar refractivity (Wildman–Crippen MR) is 56.8 cm³/mol. The number of nitrogens with zero attached hydrogens (tertiary/aromatic N) is 3. The van der Waals surface area contributed by atoms with Gasteiger partial charge in [0, 0.05) is 18.9 Å². The van der Waals surface area contributed by atoms with Crippen molar-refractivity contribution in [2.45, 2.75) is 13.3 Å². The molecule has 0 radical (unpaired) electrons. The van der Waals surface area contributed by atoms with Crippen molar-refractivity contribution in [3.05, 3.63) is 36.2 Å². The second-order valence-electron chi connectivity index (χ2n) is 3.00. The lowest BCUT2D eigenvalue weighted by atomic mass is 10.3. The van der Waals surface area contributed by atoms with Gasteiger partial charge in [-0.05, 0) is 18.6 Å². The van der Waals surface area contributed by atoms with Gasteiger partial charge in [-0.3, -0.25) is 0 Å². The normalized spacial score (nSPS) is 9.21. The molecular formula is C11H13N3. The standard InChI is InChI=1S/C11H13N3/c1-4-9(2)14(3)11-6-5-10(7-12)8-13-11/h5-6,8H,2,4H2,1,3H3. The molecule has 0 saturated heterocycles. The average Bonchev–Trinajstić information content (AvgIpc) is 2.27. The largest absolute Gasteiger partial charge is 0.334 e. The summed E-state index contributed by atoms with van der Waals surface area (Å²) in [5, 5.41) is 8.60.